The van der Waals surface area contributed by atoms with Crippen LogP contribution in [0.4, 0.5) is 0 Å². The molecule has 0 rings (SSSR count). The van der Waals surface area contributed by atoms with Gasteiger partial charge in [-0.1, -0.05) is 41.5 Å². The molecule has 0 aromatic heterocycles. The van der Waals surface area contributed by atoms with E-state index in [0.29, 0.717) is 0 Å². The van der Waals surface area contributed by atoms with Crippen LogP contribution in [0.15, 0.2) is 0 Å². The van der Waals surface area contributed by atoms with E-state index in [4.69, 9.17) is 27.9 Å². The first-order chi connectivity index (χ1) is 5.44. The molecule has 0 aliphatic heterocycles. The fourth-order valence-corrected chi connectivity index (χ4v) is 1.01. The minimum absolute atomic E-state index is 0.109. The summed E-state index contributed by atoms with van der Waals surface area (Å²) < 4.78 is 0. The van der Waals surface area contributed by atoms with Crippen molar-refractivity contribution in [3.63, 3.8) is 0 Å². The van der Waals surface area contributed by atoms with Gasteiger partial charge in [-0.2, -0.15) is 0 Å². The van der Waals surface area contributed by atoms with E-state index in [9.17, 15) is 0 Å². The van der Waals surface area contributed by atoms with E-state index in [1.54, 1.807) is 0 Å². The molecule has 1 nitrogen and oxygen atoms in total. The van der Waals surface area contributed by atoms with Crippen molar-refractivity contribution in [1.82, 2.24) is 0 Å². The van der Waals surface area contributed by atoms with Gasteiger partial charge in [0.25, 0.3) is 0 Å². The van der Waals surface area contributed by atoms with E-state index >= 15 is 0 Å². The van der Waals surface area contributed by atoms with Gasteiger partial charge in [0.1, 0.15) is 0 Å². The number of nitrogens with zero attached hydrogens (tertiary/aromatic N) is 1. The van der Waals surface area contributed by atoms with Crippen LogP contribution in [0.25, 0.3) is 5.32 Å². The molecule has 0 spiro atoms. The van der Waals surface area contributed by atoms with Crippen molar-refractivity contribution < 1.29 is 14.7 Å². The van der Waals surface area contributed by atoms with Crippen molar-refractivity contribution >= 4 is 27.9 Å². The van der Waals surface area contributed by atoms with Crippen LogP contribution in [-0.4, -0.2) is 11.1 Å². The van der Waals surface area contributed by atoms with Crippen LogP contribution in [0, 0.1) is 0 Å². The number of halogens is 3. The van der Waals surface area contributed by atoms with Gasteiger partial charge in [0, 0.05) is 0 Å². The van der Waals surface area contributed by atoms with Gasteiger partial charge in [0.2, 0.25) is 0 Å². The van der Waals surface area contributed by atoms with E-state index in [1.807, 2.05) is 0 Å². The third-order valence-electron chi connectivity index (χ3n) is 0.671. The molecule has 0 unspecified atom stereocenters. The molecule has 0 heterocycles. The molecule has 0 radical (unpaired) electrons. The van der Waals surface area contributed by atoms with Crippen LogP contribution in [0.3, 0.4) is 0 Å². The molecule has 0 aliphatic rings. The van der Waals surface area contributed by atoms with Gasteiger partial charge < -0.3 is 5.32 Å². The first kappa shape index (κ1) is 17.0. The van der Waals surface area contributed by atoms with Gasteiger partial charge >= 0.3 is 42.6 Å². The predicted octanol–water partition coefficient (Wildman–Crippen LogP) is 5.02. The average molecular weight is 282 g/mol. The third kappa shape index (κ3) is 31.7. The van der Waals surface area contributed by atoms with Gasteiger partial charge in [-0.15, -0.1) is 11.1 Å². The molecular formula is C8H18Cl3NTi. The summed E-state index contributed by atoms with van der Waals surface area (Å²) in [6, 6.07) is 0. The monoisotopic (exact) mass is 281 g/mol. The molecule has 0 saturated carbocycles. The molecule has 0 atom stereocenters. The van der Waals surface area contributed by atoms with Gasteiger partial charge in [0.05, 0.1) is 0 Å². The minimum atomic E-state index is -1.92. The van der Waals surface area contributed by atoms with Gasteiger partial charge in [-0.05, 0) is 0 Å². The number of rotatable bonds is 0. The summed E-state index contributed by atoms with van der Waals surface area (Å²) >= 11 is -1.92. The molecule has 0 saturated heterocycles. The Kier molecular flexibility index (Phi) is 9.03. The molecule has 0 bridgehead atoms. The van der Waals surface area contributed by atoms with Crippen LogP contribution < -0.4 is 0 Å². The van der Waals surface area contributed by atoms with Crippen LogP contribution in [-0.2, 0) is 14.7 Å². The first-order valence-corrected chi connectivity index (χ1v) is 10.5. The summed E-state index contributed by atoms with van der Waals surface area (Å²) in [6.45, 7) is 12.7. The SMILES string of the molecule is CC(C)(C)[N-]C(C)(C)C.[Cl][Ti+]([Cl])[Cl]. The zero-order chi connectivity index (χ0) is 11.3. The topological polar surface area (TPSA) is 14.1 Å². The zero-order valence-corrected chi connectivity index (χ0v) is 12.9. The molecule has 0 N–H and O–H groups in total. The average Bonchev–Trinajstić information content (AvgIpc) is 1.47. The second kappa shape index (κ2) is 6.92. The molecular weight excluding hydrogens is 264 g/mol. The van der Waals surface area contributed by atoms with E-state index in [1.165, 1.54) is 0 Å². The summed E-state index contributed by atoms with van der Waals surface area (Å²) in [5, 5.41) is 4.54. The Bertz CT molecular complexity index is 112. The van der Waals surface area contributed by atoms with Gasteiger partial charge in [0.15, 0.2) is 0 Å². The Labute approximate surface area is 100.0 Å². The second-order valence-electron chi connectivity index (χ2n) is 4.67. The van der Waals surface area contributed by atoms with Crippen molar-refractivity contribution in [2.45, 2.75) is 52.6 Å². The quantitative estimate of drug-likeness (QED) is 0.554. The van der Waals surface area contributed by atoms with Crippen molar-refractivity contribution in [1.29, 1.82) is 0 Å². The molecule has 0 aromatic carbocycles. The fraction of sp³-hybridized carbons (Fsp3) is 1.00. The standard InChI is InChI=1S/C8H18N.3ClH.Ti/c1-7(2,3)9-8(4,5)6;;;;/h1-6H3;3*1H;/q-1;;;;+4/p-3. The summed E-state index contributed by atoms with van der Waals surface area (Å²) in [6.07, 6.45) is 0. The molecule has 5 heteroatoms. The maximum atomic E-state index is 4.97. The summed E-state index contributed by atoms with van der Waals surface area (Å²) in [5.74, 6) is 0. The molecule has 0 amide bonds. The maximum absolute atomic E-state index is 4.97. The van der Waals surface area contributed by atoms with Crippen molar-refractivity contribution in [2.75, 3.05) is 0 Å². The third-order valence-corrected chi connectivity index (χ3v) is 0.671. The Morgan fingerprint density at radius 2 is 0.923 bits per heavy atom. The van der Waals surface area contributed by atoms with E-state index < -0.39 is 14.7 Å². The fourth-order valence-electron chi connectivity index (χ4n) is 1.01. The Morgan fingerprint density at radius 1 is 0.769 bits per heavy atom. The Morgan fingerprint density at radius 3 is 0.923 bits per heavy atom. The van der Waals surface area contributed by atoms with Crippen molar-refractivity contribution in [2.24, 2.45) is 0 Å². The Hall–Kier alpha value is 1.54. The van der Waals surface area contributed by atoms with Crippen LogP contribution in [0.2, 0.25) is 0 Å². The summed E-state index contributed by atoms with van der Waals surface area (Å²) in [4.78, 5) is 0. The van der Waals surface area contributed by atoms with Crippen LogP contribution >= 0.6 is 27.9 Å². The van der Waals surface area contributed by atoms with E-state index in [2.05, 4.69) is 46.9 Å². The van der Waals surface area contributed by atoms with Gasteiger partial charge in [-0.25, -0.2) is 0 Å². The number of hydrogen-bond acceptors (Lipinski definition) is 0. The molecule has 0 aliphatic carbocycles. The zero-order valence-electron chi connectivity index (χ0n) is 9.08. The van der Waals surface area contributed by atoms with Gasteiger partial charge in [-0.3, -0.25) is 0 Å². The summed E-state index contributed by atoms with van der Waals surface area (Å²) in [7, 11) is 14.9. The van der Waals surface area contributed by atoms with E-state index in [-0.39, 0.29) is 11.1 Å². The Balaban J connectivity index is 0. The van der Waals surface area contributed by atoms with Crippen molar-refractivity contribution in [3.05, 3.63) is 5.32 Å². The van der Waals surface area contributed by atoms with Crippen LogP contribution in [0.5, 0.6) is 0 Å². The summed E-state index contributed by atoms with van der Waals surface area (Å²) in [5.41, 5.74) is 0.219. The van der Waals surface area contributed by atoms with E-state index in [0.717, 1.165) is 0 Å². The second-order valence-corrected chi connectivity index (χ2v) is 12.4. The predicted molar refractivity (Wildman–Crippen MR) is 60.4 cm³/mol. The molecule has 80 valence electrons. The number of hydrogen-bond donors (Lipinski definition) is 0. The molecule has 0 aromatic rings. The first-order valence-electron chi connectivity index (χ1n) is 4.01. The van der Waals surface area contributed by atoms with Crippen molar-refractivity contribution in [3.8, 4) is 0 Å². The molecule has 13 heavy (non-hydrogen) atoms. The van der Waals surface area contributed by atoms with Crippen LogP contribution in [0.1, 0.15) is 41.5 Å². The normalized spacial score (nSPS) is 11.8. The molecule has 0 fully saturated rings.